The summed E-state index contributed by atoms with van der Waals surface area (Å²) >= 11 is 6.20. The first kappa shape index (κ1) is 20.3. The molecule has 0 saturated carbocycles. The van der Waals surface area contributed by atoms with Gasteiger partial charge in [-0.1, -0.05) is 23.7 Å². The summed E-state index contributed by atoms with van der Waals surface area (Å²) in [4.78, 5) is 27.1. The summed E-state index contributed by atoms with van der Waals surface area (Å²) in [6, 6.07) is 7.04. The second kappa shape index (κ2) is 8.07. The van der Waals surface area contributed by atoms with Crippen molar-refractivity contribution in [2.24, 2.45) is 0 Å². The molecule has 0 fully saturated rings. The van der Waals surface area contributed by atoms with Gasteiger partial charge in [0.2, 0.25) is 11.8 Å². The second-order valence-electron chi connectivity index (χ2n) is 7.64. The molecule has 0 atom stereocenters. The highest BCUT2D eigenvalue weighted by Gasteiger charge is 2.32. The minimum absolute atomic E-state index is 0.0360. The van der Waals surface area contributed by atoms with Crippen molar-refractivity contribution in [1.29, 1.82) is 0 Å². The fourth-order valence-electron chi connectivity index (χ4n) is 3.68. The van der Waals surface area contributed by atoms with Gasteiger partial charge in [0.25, 0.3) is 5.91 Å². The minimum Gasteiger partial charge on any atom is -0.455 e. The van der Waals surface area contributed by atoms with Gasteiger partial charge in [-0.2, -0.15) is 0 Å². The summed E-state index contributed by atoms with van der Waals surface area (Å²) in [6.45, 7) is 5.67. The first-order valence-electron chi connectivity index (χ1n) is 9.90. The Morgan fingerprint density at radius 3 is 2.67 bits per heavy atom. The highest BCUT2D eigenvalue weighted by atomic mass is 35.5. The minimum atomic E-state index is -0.304. The molecule has 1 aliphatic carbocycles. The molecule has 2 aromatic heterocycles. The molecule has 4 rings (SSSR count). The van der Waals surface area contributed by atoms with Gasteiger partial charge in [0.15, 0.2) is 11.5 Å². The molecule has 7 nitrogen and oxygen atoms in total. The quantitative estimate of drug-likeness (QED) is 0.577. The van der Waals surface area contributed by atoms with E-state index in [1.807, 2.05) is 26.0 Å². The molecule has 156 valence electrons. The Hall–Kier alpha value is -2.93. The van der Waals surface area contributed by atoms with Crippen molar-refractivity contribution in [2.45, 2.75) is 52.6 Å². The molecule has 0 aliphatic heterocycles. The molecule has 1 aromatic carbocycles. The van der Waals surface area contributed by atoms with Gasteiger partial charge in [-0.05, 0) is 39.3 Å². The van der Waals surface area contributed by atoms with Crippen LogP contribution >= 0.6 is 11.6 Å². The maximum Gasteiger partial charge on any atom is 0.290 e. The Morgan fingerprint density at radius 2 is 1.97 bits per heavy atom. The van der Waals surface area contributed by atoms with Gasteiger partial charge in [-0.25, -0.2) is 0 Å². The molecule has 1 amide bonds. The lowest BCUT2D eigenvalue weighted by Gasteiger charge is -2.24. The van der Waals surface area contributed by atoms with Crippen molar-refractivity contribution in [3.05, 3.63) is 57.8 Å². The van der Waals surface area contributed by atoms with Crippen LogP contribution in [0.1, 0.15) is 64.8 Å². The molecule has 0 N–H and O–H groups in total. The number of benzene rings is 1. The topological polar surface area (TPSA) is 89.4 Å². The number of carbonyl (C=O) groups excluding carboxylic acids is 2. The summed E-state index contributed by atoms with van der Waals surface area (Å²) in [7, 11) is 0. The van der Waals surface area contributed by atoms with Crippen molar-refractivity contribution in [3.8, 4) is 11.5 Å². The zero-order valence-corrected chi connectivity index (χ0v) is 17.8. The number of aryl methyl sites for hydroxylation is 1. The standard InChI is InChI=1S/C22H22ClN3O4/c1-12(2)26(11-18-24-25-21(30-18)14-7-4-5-8-15(14)23)22(28)20-13(3)19-16(27)9-6-10-17(19)29-20/h4-5,7-8,12H,6,9-11H2,1-3H3. The first-order valence-corrected chi connectivity index (χ1v) is 10.3. The van der Waals surface area contributed by atoms with E-state index in [-0.39, 0.29) is 35.9 Å². The van der Waals surface area contributed by atoms with Crippen molar-refractivity contribution >= 4 is 23.3 Å². The number of Topliss-reactive ketones (excluding diaryl/α,β-unsaturated/α-hetero) is 1. The number of nitrogens with zero attached hydrogens (tertiary/aromatic N) is 3. The Balaban J connectivity index is 1.61. The van der Waals surface area contributed by atoms with Crippen LogP contribution in [0.3, 0.4) is 0 Å². The van der Waals surface area contributed by atoms with Gasteiger partial charge in [-0.3, -0.25) is 9.59 Å². The highest BCUT2D eigenvalue weighted by Crippen LogP contribution is 2.31. The van der Waals surface area contributed by atoms with Crippen LogP contribution in [-0.2, 0) is 13.0 Å². The smallest absolute Gasteiger partial charge is 0.290 e. The lowest BCUT2D eigenvalue weighted by atomic mass is 9.94. The molecule has 8 heteroatoms. The van der Waals surface area contributed by atoms with E-state index < -0.39 is 0 Å². The molecule has 1 aliphatic rings. The van der Waals surface area contributed by atoms with Crippen LogP contribution in [0.4, 0.5) is 0 Å². The van der Waals surface area contributed by atoms with E-state index in [9.17, 15) is 9.59 Å². The van der Waals surface area contributed by atoms with Crippen molar-refractivity contribution in [3.63, 3.8) is 0 Å². The molecule has 0 unspecified atom stereocenters. The van der Waals surface area contributed by atoms with Crippen LogP contribution in [-0.4, -0.2) is 32.8 Å². The third kappa shape index (κ3) is 3.65. The summed E-state index contributed by atoms with van der Waals surface area (Å²) in [5.74, 6) is 1.12. The number of fused-ring (bicyclic) bond motifs is 1. The van der Waals surface area contributed by atoms with Crippen LogP contribution in [0.25, 0.3) is 11.5 Å². The van der Waals surface area contributed by atoms with E-state index in [4.69, 9.17) is 20.4 Å². The summed E-state index contributed by atoms with van der Waals surface area (Å²) in [5.41, 5.74) is 1.80. The second-order valence-corrected chi connectivity index (χ2v) is 8.05. The lowest BCUT2D eigenvalue weighted by Crippen LogP contribution is -2.36. The molecule has 0 radical (unpaired) electrons. The Bertz CT molecular complexity index is 1120. The van der Waals surface area contributed by atoms with Gasteiger partial charge in [0.1, 0.15) is 5.76 Å². The largest absolute Gasteiger partial charge is 0.455 e. The number of hydrogen-bond donors (Lipinski definition) is 0. The average molecular weight is 428 g/mol. The predicted molar refractivity (Wildman–Crippen MR) is 110 cm³/mol. The Kier molecular flexibility index (Phi) is 5.47. The molecule has 2 heterocycles. The van der Waals surface area contributed by atoms with Gasteiger partial charge in [-0.15, -0.1) is 10.2 Å². The van der Waals surface area contributed by atoms with Crippen LogP contribution in [0.15, 0.2) is 33.1 Å². The van der Waals surface area contributed by atoms with Crippen molar-refractivity contribution < 1.29 is 18.4 Å². The van der Waals surface area contributed by atoms with E-state index in [0.29, 0.717) is 46.2 Å². The van der Waals surface area contributed by atoms with E-state index >= 15 is 0 Å². The van der Waals surface area contributed by atoms with E-state index in [1.165, 1.54) is 0 Å². The number of aromatic nitrogens is 2. The van der Waals surface area contributed by atoms with Gasteiger partial charge in [0, 0.05) is 24.4 Å². The third-order valence-electron chi connectivity index (χ3n) is 5.26. The first-order chi connectivity index (χ1) is 14.4. The molecule has 3 aromatic rings. The van der Waals surface area contributed by atoms with E-state index in [2.05, 4.69) is 10.2 Å². The lowest BCUT2D eigenvalue weighted by molar-refractivity contribution is 0.0636. The molecular weight excluding hydrogens is 406 g/mol. The SMILES string of the molecule is Cc1c(C(=O)N(Cc2nnc(-c3ccccc3Cl)o2)C(C)C)oc2c1C(=O)CCC2. The van der Waals surface area contributed by atoms with Gasteiger partial charge < -0.3 is 13.7 Å². The monoisotopic (exact) mass is 427 g/mol. The molecule has 0 saturated heterocycles. The van der Waals surface area contributed by atoms with Crippen LogP contribution in [0, 0.1) is 6.92 Å². The molecule has 0 bridgehead atoms. The van der Waals surface area contributed by atoms with Crippen LogP contribution in [0.2, 0.25) is 5.02 Å². The van der Waals surface area contributed by atoms with Gasteiger partial charge >= 0.3 is 0 Å². The summed E-state index contributed by atoms with van der Waals surface area (Å²) in [6.07, 6.45) is 1.90. The number of rotatable bonds is 5. The van der Waals surface area contributed by atoms with E-state index in [1.54, 1.807) is 24.0 Å². The summed E-state index contributed by atoms with van der Waals surface area (Å²) < 4.78 is 11.6. The number of hydrogen-bond acceptors (Lipinski definition) is 6. The number of ketones is 1. The van der Waals surface area contributed by atoms with Crippen molar-refractivity contribution in [2.75, 3.05) is 0 Å². The molecular formula is C22H22ClN3O4. The number of carbonyl (C=O) groups is 2. The average Bonchev–Trinajstić information content (AvgIpc) is 3.31. The van der Waals surface area contributed by atoms with Crippen molar-refractivity contribution in [1.82, 2.24) is 15.1 Å². The maximum atomic E-state index is 13.3. The molecule has 0 spiro atoms. The predicted octanol–water partition coefficient (Wildman–Crippen LogP) is 4.86. The fourth-order valence-corrected chi connectivity index (χ4v) is 3.90. The highest BCUT2D eigenvalue weighted by molar-refractivity contribution is 6.33. The number of amides is 1. The summed E-state index contributed by atoms with van der Waals surface area (Å²) in [5, 5.41) is 8.65. The number of halogens is 1. The third-order valence-corrected chi connectivity index (χ3v) is 5.59. The van der Waals surface area contributed by atoms with Crippen LogP contribution < -0.4 is 0 Å². The molecule has 30 heavy (non-hydrogen) atoms. The zero-order chi connectivity index (χ0) is 21.4. The van der Waals surface area contributed by atoms with Gasteiger partial charge in [0.05, 0.1) is 22.7 Å². The number of furan rings is 1. The van der Waals surface area contributed by atoms with E-state index in [0.717, 1.165) is 6.42 Å². The normalized spacial score (nSPS) is 13.6. The Labute approximate surface area is 179 Å². The maximum absolute atomic E-state index is 13.3. The fraction of sp³-hybridized carbons (Fsp3) is 0.364. The zero-order valence-electron chi connectivity index (χ0n) is 17.1. The van der Waals surface area contributed by atoms with Crippen LogP contribution in [0.5, 0.6) is 0 Å². The Morgan fingerprint density at radius 1 is 1.20 bits per heavy atom.